The highest BCUT2D eigenvalue weighted by atomic mass is 35.5. The van der Waals surface area contributed by atoms with E-state index in [1.54, 1.807) is 19.2 Å². The van der Waals surface area contributed by atoms with Gasteiger partial charge in [-0.1, -0.05) is 6.07 Å². The molecule has 0 saturated carbocycles. The van der Waals surface area contributed by atoms with Gasteiger partial charge in [-0.05, 0) is 18.2 Å². The van der Waals surface area contributed by atoms with Crippen molar-refractivity contribution in [2.75, 3.05) is 25.7 Å². The van der Waals surface area contributed by atoms with E-state index >= 15 is 0 Å². The molecule has 4 nitrogen and oxygen atoms in total. The van der Waals surface area contributed by atoms with Crippen LogP contribution in [0.5, 0.6) is 0 Å². The lowest BCUT2D eigenvalue weighted by Crippen LogP contribution is -2.28. The molecule has 0 atom stereocenters. The minimum absolute atomic E-state index is 0.141. The molecule has 0 aliphatic heterocycles. The summed E-state index contributed by atoms with van der Waals surface area (Å²) in [5.41, 5.74) is 0.348. The van der Waals surface area contributed by atoms with Gasteiger partial charge in [0.1, 0.15) is 0 Å². The first-order chi connectivity index (χ1) is 7.86. The van der Waals surface area contributed by atoms with Gasteiger partial charge in [0, 0.05) is 31.3 Å². The first-order valence-corrected chi connectivity index (χ1v) is 7.40. The summed E-state index contributed by atoms with van der Waals surface area (Å²) < 4.78 is 22.7. The number of nitrogens with zero attached hydrogens (tertiary/aromatic N) is 1. The van der Waals surface area contributed by atoms with Gasteiger partial charge in [0.2, 0.25) is 0 Å². The van der Waals surface area contributed by atoms with E-state index in [9.17, 15) is 13.2 Å². The number of hydrogen-bond donors (Lipinski definition) is 0. The number of alkyl halides is 1. The molecule has 0 aliphatic rings. The average molecular weight is 276 g/mol. The summed E-state index contributed by atoms with van der Waals surface area (Å²) in [5.74, 6) is 0.102. The standard InChI is InChI=1S/C11H14ClNO3S/c1-13(7-6-12)11(14)9-4-3-5-10(8-9)17(2,15)16/h3-5,8H,6-7H2,1-2H3. The molecule has 0 fully saturated rings. The number of rotatable bonds is 4. The number of benzene rings is 1. The Labute approximate surface area is 106 Å². The van der Waals surface area contributed by atoms with Crippen molar-refractivity contribution >= 4 is 27.3 Å². The predicted molar refractivity (Wildman–Crippen MR) is 67.2 cm³/mol. The van der Waals surface area contributed by atoms with E-state index in [0.29, 0.717) is 18.0 Å². The van der Waals surface area contributed by atoms with Gasteiger partial charge in [-0.3, -0.25) is 4.79 Å². The summed E-state index contributed by atoms with van der Waals surface area (Å²) in [5, 5.41) is 0. The lowest BCUT2D eigenvalue weighted by Gasteiger charge is -2.15. The second-order valence-corrected chi connectivity index (χ2v) is 6.11. The first kappa shape index (κ1) is 14.0. The van der Waals surface area contributed by atoms with E-state index in [-0.39, 0.29) is 10.8 Å². The maximum atomic E-state index is 11.9. The Bertz CT molecular complexity index is 513. The van der Waals surface area contributed by atoms with Crippen LogP contribution in [0.4, 0.5) is 0 Å². The molecule has 1 aromatic rings. The lowest BCUT2D eigenvalue weighted by atomic mass is 10.2. The van der Waals surface area contributed by atoms with Crippen molar-refractivity contribution in [3.63, 3.8) is 0 Å². The van der Waals surface area contributed by atoms with Gasteiger partial charge in [-0.25, -0.2) is 8.42 Å². The van der Waals surface area contributed by atoms with Crippen LogP contribution in [-0.2, 0) is 9.84 Å². The quantitative estimate of drug-likeness (QED) is 0.781. The van der Waals surface area contributed by atoms with Crippen molar-refractivity contribution in [2.24, 2.45) is 0 Å². The van der Waals surface area contributed by atoms with Crippen molar-refractivity contribution in [3.05, 3.63) is 29.8 Å². The van der Waals surface area contributed by atoms with E-state index in [4.69, 9.17) is 11.6 Å². The second-order valence-electron chi connectivity index (χ2n) is 3.72. The molecule has 1 amide bonds. The Morgan fingerprint density at radius 2 is 2.06 bits per heavy atom. The molecule has 17 heavy (non-hydrogen) atoms. The molecule has 0 heterocycles. The number of sulfone groups is 1. The molecule has 0 unspecified atom stereocenters. The van der Waals surface area contributed by atoms with Gasteiger partial charge >= 0.3 is 0 Å². The zero-order chi connectivity index (χ0) is 13.1. The third kappa shape index (κ3) is 3.71. The zero-order valence-electron chi connectivity index (χ0n) is 9.68. The second kappa shape index (κ2) is 5.51. The van der Waals surface area contributed by atoms with Crippen molar-refractivity contribution in [2.45, 2.75) is 4.90 Å². The molecular weight excluding hydrogens is 262 g/mol. The Morgan fingerprint density at radius 3 is 2.59 bits per heavy atom. The van der Waals surface area contributed by atoms with Crippen LogP contribution < -0.4 is 0 Å². The smallest absolute Gasteiger partial charge is 0.253 e. The molecule has 94 valence electrons. The maximum absolute atomic E-state index is 11.9. The van der Waals surface area contributed by atoms with Gasteiger partial charge in [-0.15, -0.1) is 11.6 Å². The molecule has 6 heteroatoms. The number of halogens is 1. The van der Waals surface area contributed by atoms with Gasteiger partial charge < -0.3 is 4.90 Å². The SMILES string of the molecule is CN(CCCl)C(=O)c1cccc(S(C)(=O)=O)c1. The Hall–Kier alpha value is -1.07. The fraction of sp³-hybridized carbons (Fsp3) is 0.364. The highest BCUT2D eigenvalue weighted by Crippen LogP contribution is 2.12. The van der Waals surface area contributed by atoms with Gasteiger partial charge in [0.25, 0.3) is 5.91 Å². The van der Waals surface area contributed by atoms with Crippen LogP contribution in [0.25, 0.3) is 0 Å². The number of amides is 1. The van der Waals surface area contributed by atoms with E-state index < -0.39 is 9.84 Å². The Kier molecular flexibility index (Phi) is 4.54. The van der Waals surface area contributed by atoms with E-state index in [1.807, 2.05) is 0 Å². The third-order valence-electron chi connectivity index (χ3n) is 2.28. The van der Waals surface area contributed by atoms with Crippen LogP contribution in [-0.4, -0.2) is 45.0 Å². The van der Waals surface area contributed by atoms with Gasteiger partial charge in [0.15, 0.2) is 9.84 Å². The van der Waals surface area contributed by atoms with Crippen LogP contribution in [0, 0.1) is 0 Å². The normalized spacial score (nSPS) is 11.2. The number of hydrogen-bond acceptors (Lipinski definition) is 3. The van der Waals surface area contributed by atoms with Crippen molar-refractivity contribution in [3.8, 4) is 0 Å². The molecular formula is C11H14ClNO3S. The summed E-state index contributed by atoms with van der Waals surface area (Å²) in [6, 6.07) is 5.98. The van der Waals surface area contributed by atoms with Gasteiger partial charge in [0.05, 0.1) is 4.90 Å². The molecule has 0 radical (unpaired) electrons. The fourth-order valence-electron chi connectivity index (χ4n) is 1.31. The lowest BCUT2D eigenvalue weighted by molar-refractivity contribution is 0.0803. The largest absolute Gasteiger partial charge is 0.341 e. The molecule has 0 saturated heterocycles. The Morgan fingerprint density at radius 1 is 1.41 bits per heavy atom. The van der Waals surface area contributed by atoms with Crippen molar-refractivity contribution < 1.29 is 13.2 Å². The van der Waals surface area contributed by atoms with Crippen LogP contribution in [0.1, 0.15) is 10.4 Å². The Balaban J connectivity index is 3.04. The van der Waals surface area contributed by atoms with Crippen LogP contribution in [0.15, 0.2) is 29.2 Å². The number of carbonyl (C=O) groups is 1. The summed E-state index contributed by atoms with van der Waals surface area (Å²) in [4.78, 5) is 13.5. The van der Waals surface area contributed by atoms with E-state index in [1.165, 1.54) is 17.0 Å². The first-order valence-electron chi connectivity index (χ1n) is 4.98. The highest BCUT2D eigenvalue weighted by molar-refractivity contribution is 7.90. The molecule has 0 bridgehead atoms. The summed E-state index contributed by atoms with van der Waals surface area (Å²) in [6.45, 7) is 0.420. The monoisotopic (exact) mass is 275 g/mol. The predicted octanol–water partition coefficient (Wildman–Crippen LogP) is 1.40. The number of carbonyl (C=O) groups excluding carboxylic acids is 1. The molecule has 1 rings (SSSR count). The van der Waals surface area contributed by atoms with E-state index in [2.05, 4.69) is 0 Å². The fourth-order valence-corrected chi connectivity index (χ4v) is 2.23. The molecule has 0 aromatic heterocycles. The van der Waals surface area contributed by atoms with E-state index in [0.717, 1.165) is 6.26 Å². The summed E-state index contributed by atoms with van der Waals surface area (Å²) in [7, 11) is -1.67. The van der Waals surface area contributed by atoms with Gasteiger partial charge in [-0.2, -0.15) is 0 Å². The summed E-state index contributed by atoms with van der Waals surface area (Å²) in [6.07, 6.45) is 1.11. The van der Waals surface area contributed by atoms with Crippen molar-refractivity contribution in [1.82, 2.24) is 4.90 Å². The van der Waals surface area contributed by atoms with Crippen LogP contribution in [0.3, 0.4) is 0 Å². The minimum atomic E-state index is -3.29. The maximum Gasteiger partial charge on any atom is 0.253 e. The minimum Gasteiger partial charge on any atom is -0.341 e. The topological polar surface area (TPSA) is 54.5 Å². The molecule has 1 aromatic carbocycles. The van der Waals surface area contributed by atoms with Crippen LogP contribution in [0.2, 0.25) is 0 Å². The van der Waals surface area contributed by atoms with Crippen LogP contribution >= 0.6 is 11.6 Å². The average Bonchev–Trinajstić information content (AvgIpc) is 2.27. The highest BCUT2D eigenvalue weighted by Gasteiger charge is 2.14. The molecule has 0 spiro atoms. The zero-order valence-corrected chi connectivity index (χ0v) is 11.3. The third-order valence-corrected chi connectivity index (χ3v) is 3.56. The summed E-state index contributed by atoms with van der Waals surface area (Å²) >= 11 is 5.54. The molecule has 0 aliphatic carbocycles. The molecule has 0 N–H and O–H groups in total. The van der Waals surface area contributed by atoms with Crippen molar-refractivity contribution in [1.29, 1.82) is 0 Å².